The minimum atomic E-state index is 0.125. The number of hydrogen-bond acceptors (Lipinski definition) is 2. The van der Waals surface area contributed by atoms with Crippen LogP contribution in [0.3, 0.4) is 0 Å². The molecule has 0 atom stereocenters. The average molecular weight is 377 g/mol. The van der Waals surface area contributed by atoms with Crippen LogP contribution in [0.2, 0.25) is 0 Å². The van der Waals surface area contributed by atoms with Crippen LogP contribution < -0.4 is 0 Å². The summed E-state index contributed by atoms with van der Waals surface area (Å²) in [6.45, 7) is 6.70. The molecule has 3 nitrogen and oxygen atoms in total. The molecule has 3 heteroatoms. The van der Waals surface area contributed by atoms with Crippen molar-refractivity contribution >= 4 is 16.4 Å². The Labute approximate surface area is 170 Å². The summed E-state index contributed by atoms with van der Waals surface area (Å²) in [6, 6.07) is 27.3. The van der Waals surface area contributed by atoms with Crippen LogP contribution in [-0.2, 0) is 5.41 Å². The molecule has 0 saturated carbocycles. The van der Waals surface area contributed by atoms with Gasteiger partial charge < -0.3 is 0 Å². The van der Waals surface area contributed by atoms with E-state index in [9.17, 15) is 0 Å². The average Bonchev–Trinajstić information content (AvgIpc) is 3.19. The van der Waals surface area contributed by atoms with E-state index in [1.54, 1.807) is 0 Å². The molecule has 0 saturated heterocycles. The van der Waals surface area contributed by atoms with E-state index >= 15 is 0 Å². The van der Waals surface area contributed by atoms with Gasteiger partial charge in [0.15, 0.2) is 0 Å². The Morgan fingerprint density at radius 1 is 0.690 bits per heavy atom. The highest BCUT2D eigenvalue weighted by atomic mass is 15.1. The molecule has 0 N–H and O–H groups in total. The van der Waals surface area contributed by atoms with Crippen LogP contribution in [0.1, 0.15) is 26.3 Å². The van der Waals surface area contributed by atoms with Gasteiger partial charge in [0.2, 0.25) is 0 Å². The Kier molecular flexibility index (Phi) is 3.99. The number of para-hydroxylation sites is 1. The molecule has 5 aromatic rings. The van der Waals surface area contributed by atoms with Crippen LogP contribution in [0.25, 0.3) is 39.2 Å². The highest BCUT2D eigenvalue weighted by Crippen LogP contribution is 2.31. The Hall–Kier alpha value is -3.46. The number of imidazole rings is 1. The molecule has 3 aromatic carbocycles. The Morgan fingerprint density at radius 3 is 2.07 bits per heavy atom. The van der Waals surface area contributed by atoms with Crippen LogP contribution in [0.15, 0.2) is 85.1 Å². The van der Waals surface area contributed by atoms with Crippen LogP contribution in [0.5, 0.6) is 0 Å². The molecule has 0 radical (unpaired) electrons. The van der Waals surface area contributed by atoms with Gasteiger partial charge in [-0.3, -0.25) is 4.40 Å². The van der Waals surface area contributed by atoms with E-state index in [-0.39, 0.29) is 5.41 Å². The molecule has 2 heterocycles. The van der Waals surface area contributed by atoms with Crippen molar-refractivity contribution in [2.75, 3.05) is 0 Å². The van der Waals surface area contributed by atoms with Crippen molar-refractivity contribution < 1.29 is 0 Å². The van der Waals surface area contributed by atoms with Crippen molar-refractivity contribution in [2.24, 2.45) is 0 Å². The van der Waals surface area contributed by atoms with E-state index in [1.807, 2.05) is 30.5 Å². The lowest BCUT2D eigenvalue weighted by Crippen LogP contribution is -2.10. The molecule has 0 bridgehead atoms. The smallest absolute Gasteiger partial charge is 0.146 e. The zero-order chi connectivity index (χ0) is 20.0. The van der Waals surface area contributed by atoms with Gasteiger partial charge in [0.05, 0.1) is 17.2 Å². The third-order valence-corrected chi connectivity index (χ3v) is 5.42. The van der Waals surface area contributed by atoms with E-state index in [1.165, 1.54) is 5.56 Å². The second kappa shape index (κ2) is 6.56. The zero-order valence-corrected chi connectivity index (χ0v) is 16.9. The van der Waals surface area contributed by atoms with Crippen LogP contribution in [0, 0.1) is 0 Å². The van der Waals surface area contributed by atoms with Gasteiger partial charge in [-0.2, -0.15) is 0 Å². The molecule has 2 aromatic heterocycles. The molecule has 5 rings (SSSR count). The first-order chi connectivity index (χ1) is 14.0. The third kappa shape index (κ3) is 2.99. The monoisotopic (exact) mass is 377 g/mol. The summed E-state index contributed by atoms with van der Waals surface area (Å²) in [7, 11) is 0. The summed E-state index contributed by atoms with van der Waals surface area (Å²) in [5.41, 5.74) is 5.66. The number of benzene rings is 3. The Morgan fingerprint density at radius 2 is 1.34 bits per heavy atom. The SMILES string of the molecule is CC(C)(C)c1ccc(-c2ncc3c4ccccc4nc(-c4ccccc4)n23)cc1. The van der Waals surface area contributed by atoms with Crippen LogP contribution >= 0.6 is 0 Å². The van der Waals surface area contributed by atoms with Gasteiger partial charge >= 0.3 is 0 Å². The maximum absolute atomic E-state index is 5.01. The van der Waals surface area contributed by atoms with Crippen LogP contribution in [0.4, 0.5) is 0 Å². The summed E-state index contributed by atoms with van der Waals surface area (Å²) < 4.78 is 2.18. The third-order valence-electron chi connectivity index (χ3n) is 5.42. The van der Waals surface area contributed by atoms with Gasteiger partial charge in [-0.05, 0) is 17.0 Å². The second-order valence-electron chi connectivity index (χ2n) is 8.45. The summed E-state index contributed by atoms with van der Waals surface area (Å²) in [5.74, 6) is 1.82. The van der Waals surface area contributed by atoms with Gasteiger partial charge in [0, 0.05) is 16.5 Å². The molecule has 142 valence electrons. The van der Waals surface area contributed by atoms with Crippen molar-refractivity contribution in [2.45, 2.75) is 26.2 Å². The first kappa shape index (κ1) is 17.6. The number of fused-ring (bicyclic) bond motifs is 3. The van der Waals surface area contributed by atoms with Gasteiger partial charge in [-0.15, -0.1) is 0 Å². The molecule has 0 aliphatic rings. The molecular weight excluding hydrogens is 354 g/mol. The van der Waals surface area contributed by atoms with Gasteiger partial charge in [-0.25, -0.2) is 9.97 Å². The lowest BCUT2D eigenvalue weighted by atomic mass is 9.87. The summed E-state index contributed by atoms with van der Waals surface area (Å²) in [6.07, 6.45) is 1.96. The maximum Gasteiger partial charge on any atom is 0.146 e. The molecule has 0 fully saturated rings. The number of rotatable bonds is 2. The highest BCUT2D eigenvalue weighted by Gasteiger charge is 2.17. The highest BCUT2D eigenvalue weighted by molar-refractivity contribution is 5.96. The normalized spacial score (nSPS) is 12.0. The standard InChI is InChI=1S/C26H23N3/c1-26(2,3)20-15-13-19(14-16-20)24-27-17-23-21-11-7-8-12-22(21)28-25(29(23)24)18-9-5-4-6-10-18/h4-17H,1-3H3. The second-order valence-corrected chi connectivity index (χ2v) is 8.45. The summed E-state index contributed by atoms with van der Waals surface area (Å²) >= 11 is 0. The maximum atomic E-state index is 5.01. The van der Waals surface area contributed by atoms with Crippen molar-refractivity contribution in [3.8, 4) is 22.8 Å². The molecule has 29 heavy (non-hydrogen) atoms. The Balaban J connectivity index is 1.80. The van der Waals surface area contributed by atoms with Gasteiger partial charge in [0.25, 0.3) is 0 Å². The number of nitrogens with zero attached hydrogens (tertiary/aromatic N) is 3. The van der Waals surface area contributed by atoms with Crippen molar-refractivity contribution in [1.82, 2.24) is 14.4 Å². The quantitative estimate of drug-likeness (QED) is 0.351. The first-order valence-electron chi connectivity index (χ1n) is 9.95. The zero-order valence-electron chi connectivity index (χ0n) is 16.9. The number of aromatic nitrogens is 3. The molecule has 0 amide bonds. The van der Waals surface area contributed by atoms with E-state index in [0.717, 1.165) is 39.2 Å². The number of hydrogen-bond donors (Lipinski definition) is 0. The van der Waals surface area contributed by atoms with E-state index < -0.39 is 0 Å². The summed E-state index contributed by atoms with van der Waals surface area (Å²) in [5, 5.41) is 1.11. The van der Waals surface area contributed by atoms with E-state index in [0.29, 0.717) is 0 Å². The molecule has 0 aliphatic carbocycles. The first-order valence-corrected chi connectivity index (χ1v) is 9.95. The van der Waals surface area contributed by atoms with Crippen molar-refractivity contribution in [1.29, 1.82) is 0 Å². The predicted octanol–water partition coefficient (Wildman–Crippen LogP) is 6.51. The minimum Gasteiger partial charge on any atom is -0.276 e. The van der Waals surface area contributed by atoms with E-state index in [2.05, 4.69) is 79.8 Å². The fourth-order valence-corrected chi connectivity index (χ4v) is 3.81. The fourth-order valence-electron chi connectivity index (χ4n) is 3.81. The van der Waals surface area contributed by atoms with Gasteiger partial charge in [-0.1, -0.05) is 93.6 Å². The largest absolute Gasteiger partial charge is 0.276 e. The van der Waals surface area contributed by atoms with Crippen molar-refractivity contribution in [3.05, 3.63) is 90.6 Å². The predicted molar refractivity (Wildman–Crippen MR) is 120 cm³/mol. The lowest BCUT2D eigenvalue weighted by Gasteiger charge is -2.19. The molecular formula is C26H23N3. The topological polar surface area (TPSA) is 30.2 Å². The molecule has 0 spiro atoms. The fraction of sp³-hybridized carbons (Fsp3) is 0.154. The molecule has 0 unspecified atom stereocenters. The van der Waals surface area contributed by atoms with Crippen molar-refractivity contribution in [3.63, 3.8) is 0 Å². The van der Waals surface area contributed by atoms with E-state index in [4.69, 9.17) is 9.97 Å². The molecule has 0 aliphatic heterocycles. The van der Waals surface area contributed by atoms with Gasteiger partial charge in [0.1, 0.15) is 11.6 Å². The summed E-state index contributed by atoms with van der Waals surface area (Å²) in [4.78, 5) is 9.83. The minimum absolute atomic E-state index is 0.125. The van der Waals surface area contributed by atoms with Crippen LogP contribution in [-0.4, -0.2) is 14.4 Å². The Bertz CT molecular complexity index is 1310. The lowest BCUT2D eigenvalue weighted by molar-refractivity contribution is 0.590.